The van der Waals surface area contributed by atoms with Gasteiger partial charge in [-0.25, -0.2) is 4.39 Å². The number of allylic oxidation sites excluding steroid dienone is 5. The van der Waals surface area contributed by atoms with Crippen LogP contribution in [0.4, 0.5) is 4.39 Å². The molecule has 0 spiro atoms. The van der Waals surface area contributed by atoms with E-state index >= 15 is 0 Å². The van der Waals surface area contributed by atoms with E-state index in [0.29, 0.717) is 11.6 Å². The summed E-state index contributed by atoms with van der Waals surface area (Å²) in [5, 5.41) is 0. The Morgan fingerprint density at radius 2 is 2.04 bits per heavy atom. The maximum Gasteiger partial charge on any atom is 0.149 e. The van der Waals surface area contributed by atoms with Crippen molar-refractivity contribution < 1.29 is 4.39 Å². The van der Waals surface area contributed by atoms with E-state index in [0.717, 1.165) is 42.3 Å². The Bertz CT molecular complexity index is 652. The Labute approximate surface area is 157 Å². The van der Waals surface area contributed by atoms with Crippen LogP contribution in [0.1, 0.15) is 33.1 Å². The first-order valence-corrected chi connectivity index (χ1v) is 9.85. The molecule has 1 saturated carbocycles. The molecular formula is C19H25FIN3. The summed E-state index contributed by atoms with van der Waals surface area (Å²) in [6.45, 7) is 5.89. The lowest BCUT2D eigenvalue weighted by atomic mass is 9.88. The molecule has 0 aromatic heterocycles. The normalized spacial score (nSPS) is 30.0. The molecular weight excluding hydrogens is 416 g/mol. The summed E-state index contributed by atoms with van der Waals surface area (Å²) in [5.74, 6) is 1.23. The molecule has 1 aliphatic heterocycles. The zero-order valence-electron chi connectivity index (χ0n) is 14.3. The highest BCUT2D eigenvalue weighted by Gasteiger charge is 2.38. The molecule has 3 aliphatic rings. The molecule has 2 unspecified atom stereocenters. The lowest BCUT2D eigenvalue weighted by molar-refractivity contribution is 0.183. The minimum Gasteiger partial charge on any atom is -0.369 e. The van der Waals surface area contributed by atoms with Crippen molar-refractivity contribution in [3.05, 3.63) is 45.1 Å². The van der Waals surface area contributed by atoms with Gasteiger partial charge in [0.05, 0.1) is 0 Å². The van der Waals surface area contributed by atoms with Crippen molar-refractivity contribution in [1.82, 2.24) is 4.90 Å². The molecule has 1 saturated heterocycles. The Morgan fingerprint density at radius 3 is 2.67 bits per heavy atom. The molecule has 1 heterocycles. The first-order valence-electron chi connectivity index (χ1n) is 8.61. The minimum atomic E-state index is -0.274. The highest BCUT2D eigenvalue weighted by molar-refractivity contribution is 14.1. The second-order valence-corrected chi connectivity index (χ2v) is 7.91. The van der Waals surface area contributed by atoms with Gasteiger partial charge in [0.1, 0.15) is 11.5 Å². The molecule has 3 nitrogen and oxygen atoms in total. The summed E-state index contributed by atoms with van der Waals surface area (Å²) in [7, 11) is 0. The summed E-state index contributed by atoms with van der Waals surface area (Å²) in [6, 6.07) is 0.189. The first-order chi connectivity index (χ1) is 11.5. The van der Waals surface area contributed by atoms with Gasteiger partial charge in [0.25, 0.3) is 0 Å². The van der Waals surface area contributed by atoms with Crippen LogP contribution >= 0.6 is 22.6 Å². The van der Waals surface area contributed by atoms with Crippen molar-refractivity contribution >= 4 is 28.3 Å². The van der Waals surface area contributed by atoms with E-state index in [9.17, 15) is 4.39 Å². The molecule has 3 rings (SSSR count). The zero-order chi connectivity index (χ0) is 17.3. The van der Waals surface area contributed by atoms with Gasteiger partial charge in [-0.1, -0.05) is 28.2 Å². The molecule has 2 atom stereocenters. The van der Waals surface area contributed by atoms with Crippen LogP contribution < -0.4 is 5.73 Å². The molecule has 2 fully saturated rings. The van der Waals surface area contributed by atoms with Gasteiger partial charge >= 0.3 is 0 Å². The zero-order valence-corrected chi connectivity index (χ0v) is 16.5. The molecule has 2 aliphatic carbocycles. The van der Waals surface area contributed by atoms with Gasteiger partial charge in [-0.3, -0.25) is 4.99 Å². The number of nitrogens with two attached hydrogens (primary N) is 1. The predicted molar refractivity (Wildman–Crippen MR) is 107 cm³/mol. The number of rotatable bonds is 3. The van der Waals surface area contributed by atoms with Gasteiger partial charge in [-0.05, 0) is 61.2 Å². The van der Waals surface area contributed by atoms with Gasteiger partial charge in [0.15, 0.2) is 0 Å². The second kappa shape index (κ2) is 7.52. The standard InChI is InChI=1S/C19H25FIN3/c1-12(2)18-17(6-5-16(20)19(18)23-8-7-21)24-10-14(13-3-4-13)9-15(22)11-24/h5-8,13-15H,3-4,9-11,22H2,1-2H3/b8-7-,23-19-. The number of halogens is 2. The van der Waals surface area contributed by atoms with Gasteiger partial charge in [-0.2, -0.15) is 0 Å². The van der Waals surface area contributed by atoms with Crippen LogP contribution in [0, 0.1) is 11.8 Å². The average Bonchev–Trinajstić information content (AvgIpc) is 3.37. The molecule has 0 aromatic rings. The third kappa shape index (κ3) is 3.82. The number of aliphatic imine (C=N–C) groups is 1. The average molecular weight is 441 g/mol. The van der Waals surface area contributed by atoms with Crippen LogP contribution in [-0.4, -0.2) is 29.7 Å². The van der Waals surface area contributed by atoms with Crippen molar-refractivity contribution in [2.24, 2.45) is 22.6 Å². The molecule has 0 bridgehead atoms. The van der Waals surface area contributed by atoms with Gasteiger partial charge in [-0.15, -0.1) is 0 Å². The predicted octanol–water partition coefficient (Wildman–Crippen LogP) is 4.48. The number of likely N-dealkylation sites (tertiary alicyclic amines) is 1. The van der Waals surface area contributed by atoms with Gasteiger partial charge < -0.3 is 10.6 Å². The van der Waals surface area contributed by atoms with Crippen LogP contribution in [0.3, 0.4) is 0 Å². The van der Waals surface area contributed by atoms with Crippen LogP contribution in [-0.2, 0) is 0 Å². The second-order valence-electron chi connectivity index (χ2n) is 7.19. The van der Waals surface area contributed by atoms with E-state index in [1.54, 1.807) is 10.3 Å². The van der Waals surface area contributed by atoms with Crippen LogP contribution in [0.5, 0.6) is 0 Å². The quantitative estimate of drug-likeness (QED) is 0.657. The molecule has 24 heavy (non-hydrogen) atoms. The lowest BCUT2D eigenvalue weighted by Crippen LogP contribution is -2.47. The Morgan fingerprint density at radius 1 is 1.29 bits per heavy atom. The Kier molecular flexibility index (Phi) is 5.59. The van der Waals surface area contributed by atoms with Gasteiger partial charge in [0.2, 0.25) is 0 Å². The largest absolute Gasteiger partial charge is 0.369 e. The van der Waals surface area contributed by atoms with E-state index < -0.39 is 0 Å². The van der Waals surface area contributed by atoms with Crippen molar-refractivity contribution in [2.75, 3.05) is 13.1 Å². The van der Waals surface area contributed by atoms with E-state index in [4.69, 9.17) is 5.73 Å². The molecule has 0 amide bonds. The SMILES string of the molecule is CC(C)=C1C(N2CC(N)CC(C3CC3)C2)=CC=C(F)/C1=N/C=C\I. The van der Waals surface area contributed by atoms with E-state index in [1.165, 1.54) is 18.9 Å². The molecule has 0 radical (unpaired) electrons. The fourth-order valence-electron chi connectivity index (χ4n) is 3.82. The van der Waals surface area contributed by atoms with Crippen molar-refractivity contribution in [2.45, 2.75) is 39.2 Å². The van der Waals surface area contributed by atoms with E-state index in [2.05, 4.69) is 32.5 Å². The fraction of sp³-hybridized carbons (Fsp3) is 0.526. The van der Waals surface area contributed by atoms with Crippen LogP contribution in [0.2, 0.25) is 0 Å². The van der Waals surface area contributed by atoms with E-state index in [1.807, 2.05) is 19.9 Å². The first kappa shape index (κ1) is 17.9. The van der Waals surface area contributed by atoms with Crippen molar-refractivity contribution in [3.63, 3.8) is 0 Å². The number of piperidine rings is 1. The fourth-order valence-corrected chi connectivity index (χ4v) is 3.99. The summed E-state index contributed by atoms with van der Waals surface area (Å²) in [6.07, 6.45) is 8.86. The molecule has 5 heteroatoms. The topological polar surface area (TPSA) is 41.6 Å². The monoisotopic (exact) mass is 441 g/mol. The summed E-state index contributed by atoms with van der Waals surface area (Å²) in [4.78, 5) is 6.70. The van der Waals surface area contributed by atoms with Gasteiger partial charge in [0, 0.05) is 36.6 Å². The molecule has 0 aromatic carbocycles. The van der Waals surface area contributed by atoms with Crippen molar-refractivity contribution in [1.29, 1.82) is 0 Å². The number of hydrogen-bond acceptors (Lipinski definition) is 3. The Balaban J connectivity index is 1.94. The van der Waals surface area contributed by atoms with Crippen LogP contribution in [0.15, 0.2) is 50.1 Å². The third-order valence-electron chi connectivity index (χ3n) is 5.01. The molecule has 130 valence electrons. The van der Waals surface area contributed by atoms with Crippen molar-refractivity contribution in [3.8, 4) is 0 Å². The third-order valence-corrected chi connectivity index (χ3v) is 5.33. The Hall–Kier alpha value is -0.950. The van der Waals surface area contributed by atoms with E-state index in [-0.39, 0.29) is 11.9 Å². The maximum atomic E-state index is 14.4. The summed E-state index contributed by atoms with van der Waals surface area (Å²) >= 11 is 2.10. The summed E-state index contributed by atoms with van der Waals surface area (Å²) in [5.41, 5.74) is 9.82. The lowest BCUT2D eigenvalue weighted by Gasteiger charge is -2.40. The highest BCUT2D eigenvalue weighted by atomic mass is 127. The minimum absolute atomic E-state index is 0.189. The summed E-state index contributed by atoms with van der Waals surface area (Å²) < 4.78 is 16.2. The maximum absolute atomic E-state index is 14.4. The van der Waals surface area contributed by atoms with Crippen LogP contribution in [0.25, 0.3) is 0 Å². The number of hydrogen-bond donors (Lipinski definition) is 1. The highest BCUT2D eigenvalue weighted by Crippen LogP contribution is 2.42. The number of nitrogens with zero attached hydrogens (tertiary/aromatic N) is 2. The molecule has 2 N–H and O–H groups in total. The smallest absolute Gasteiger partial charge is 0.149 e.